The number of fused-ring (bicyclic) bond motifs is 11. The summed E-state index contributed by atoms with van der Waals surface area (Å²) in [4.78, 5) is 19.5. The summed E-state index contributed by atoms with van der Waals surface area (Å²) in [5.41, 5.74) is 21.2. The van der Waals surface area contributed by atoms with Crippen LogP contribution in [0, 0.1) is 55.4 Å². The van der Waals surface area contributed by atoms with Crippen LogP contribution in [0.1, 0.15) is 44.5 Å². The fraction of sp³-hybridized carbons (Fsp3) is 0.200. The first kappa shape index (κ1) is 29.8. The summed E-state index contributed by atoms with van der Waals surface area (Å²) in [5, 5.41) is 2.30. The summed E-state index contributed by atoms with van der Waals surface area (Å²) in [7, 11) is 0. The van der Waals surface area contributed by atoms with E-state index < -0.39 is 0 Å². The molecule has 0 saturated heterocycles. The first-order chi connectivity index (χ1) is 23.0. The summed E-state index contributed by atoms with van der Waals surface area (Å²) in [5.74, 6) is 0. The van der Waals surface area contributed by atoms with Crippen molar-refractivity contribution in [3.05, 3.63) is 93.0 Å². The zero-order valence-electron chi connectivity index (χ0n) is 28.3. The van der Waals surface area contributed by atoms with Gasteiger partial charge in [-0.15, -0.1) is 0 Å². The number of aromatic nitrogens is 2. The van der Waals surface area contributed by atoms with Crippen LogP contribution in [-0.4, -0.2) is 23.4 Å². The lowest BCUT2D eigenvalue weighted by Gasteiger charge is -2.37. The van der Waals surface area contributed by atoms with Crippen LogP contribution in [0.2, 0.25) is 0 Å². The van der Waals surface area contributed by atoms with Crippen molar-refractivity contribution in [2.75, 3.05) is 0 Å². The Balaban J connectivity index is 1.33. The van der Waals surface area contributed by atoms with Gasteiger partial charge in [0.1, 0.15) is 11.0 Å². The maximum atomic E-state index is 5.70. The van der Waals surface area contributed by atoms with Gasteiger partial charge < -0.3 is 0 Å². The van der Waals surface area contributed by atoms with Crippen molar-refractivity contribution < 1.29 is 0 Å². The molecule has 4 aromatic carbocycles. The van der Waals surface area contributed by atoms with Gasteiger partial charge >= 0.3 is 0 Å². The number of nitrogens with zero attached hydrogens (tertiary/aromatic N) is 2. The minimum absolute atomic E-state index is 0.149. The smallest absolute Gasteiger partial charge is 0.239 e. The molecule has 0 fully saturated rings. The molecule has 0 radical (unpaired) electrons. The van der Waals surface area contributed by atoms with Crippen molar-refractivity contribution in [2.24, 2.45) is 0 Å². The highest BCUT2D eigenvalue weighted by Crippen LogP contribution is 2.47. The molecule has 48 heavy (non-hydrogen) atoms. The fourth-order valence-corrected chi connectivity index (χ4v) is 13.8. The molecule has 0 N–H and O–H groups in total. The SMILES string of the molecule is Cc1cc(C)c2c(c1)B1c3cc(C)cc(C)c3Sc3c1c(nc1c4c5c(nc31)Sc1c(C)cc(C)cc1B5c1cc(C)cc(C)c1S4)S2. The predicted molar refractivity (Wildman–Crippen MR) is 209 cm³/mol. The maximum Gasteiger partial charge on any atom is 0.249 e. The van der Waals surface area contributed by atoms with Gasteiger partial charge in [-0.3, -0.25) is 0 Å². The lowest BCUT2D eigenvalue weighted by atomic mass is 9.36. The molecule has 6 heterocycles. The molecule has 0 unspecified atom stereocenters. The van der Waals surface area contributed by atoms with Gasteiger partial charge in [-0.05, 0) is 88.6 Å². The number of hydrogen-bond acceptors (Lipinski definition) is 6. The molecular weight excluding hydrogens is 658 g/mol. The Bertz CT molecular complexity index is 2320. The van der Waals surface area contributed by atoms with E-state index >= 15 is 0 Å². The zero-order valence-corrected chi connectivity index (χ0v) is 31.6. The summed E-state index contributed by atoms with van der Waals surface area (Å²) < 4.78 is 0. The highest BCUT2D eigenvalue weighted by atomic mass is 32.2. The van der Waals surface area contributed by atoms with Gasteiger partial charge in [-0.1, -0.05) is 140 Å². The largest absolute Gasteiger partial charge is 0.249 e. The number of aryl methyl sites for hydroxylation is 8. The first-order valence-electron chi connectivity index (χ1n) is 16.6. The van der Waals surface area contributed by atoms with Gasteiger partial charge in [0.25, 0.3) is 0 Å². The number of benzene rings is 4. The topological polar surface area (TPSA) is 25.8 Å². The normalized spacial score (nSPS) is 14.7. The van der Waals surface area contributed by atoms with Gasteiger partial charge in [-0.2, -0.15) is 0 Å². The third-order valence-electron chi connectivity index (χ3n) is 10.4. The van der Waals surface area contributed by atoms with Gasteiger partial charge in [0.2, 0.25) is 13.4 Å². The Labute approximate surface area is 300 Å². The van der Waals surface area contributed by atoms with E-state index in [2.05, 4.69) is 104 Å². The molecule has 2 nitrogen and oxygen atoms in total. The number of hydrogen-bond donors (Lipinski definition) is 0. The predicted octanol–water partition coefficient (Wildman–Crippen LogP) is 6.99. The molecule has 0 amide bonds. The van der Waals surface area contributed by atoms with Crippen LogP contribution in [0.5, 0.6) is 0 Å². The summed E-state index contributed by atoms with van der Waals surface area (Å²) >= 11 is 7.62. The van der Waals surface area contributed by atoms with Crippen molar-refractivity contribution in [2.45, 2.75) is 94.8 Å². The van der Waals surface area contributed by atoms with Crippen molar-refractivity contribution in [1.29, 1.82) is 0 Å². The zero-order chi connectivity index (χ0) is 32.9. The van der Waals surface area contributed by atoms with Crippen molar-refractivity contribution >= 4 is 104 Å². The lowest BCUT2D eigenvalue weighted by molar-refractivity contribution is 1.08. The van der Waals surface area contributed by atoms with Crippen LogP contribution in [0.4, 0.5) is 0 Å². The highest BCUT2D eigenvalue weighted by Gasteiger charge is 2.45. The molecule has 4 aliphatic heterocycles. The molecule has 0 spiro atoms. The Hall–Kier alpha value is -3.03. The Morgan fingerprint density at radius 3 is 0.979 bits per heavy atom. The monoisotopic (exact) mass is 690 g/mol. The van der Waals surface area contributed by atoms with E-state index in [9.17, 15) is 0 Å². The second-order valence-electron chi connectivity index (χ2n) is 14.3. The van der Waals surface area contributed by atoms with E-state index in [1.54, 1.807) is 0 Å². The highest BCUT2D eigenvalue weighted by molar-refractivity contribution is 8.02. The van der Waals surface area contributed by atoms with Crippen LogP contribution in [-0.2, 0) is 0 Å². The quantitative estimate of drug-likeness (QED) is 0.159. The molecule has 0 atom stereocenters. The summed E-state index contributed by atoms with van der Waals surface area (Å²) in [6.45, 7) is 18.4. The second kappa shape index (κ2) is 10.3. The van der Waals surface area contributed by atoms with E-state index in [4.69, 9.17) is 9.97 Å². The van der Waals surface area contributed by atoms with Gasteiger partial charge in [0, 0.05) is 29.4 Å². The van der Waals surface area contributed by atoms with Gasteiger partial charge in [-0.25, -0.2) is 9.97 Å². The van der Waals surface area contributed by atoms with Crippen molar-refractivity contribution in [3.8, 4) is 0 Å². The third-order valence-corrected chi connectivity index (χ3v) is 15.7. The van der Waals surface area contributed by atoms with Crippen LogP contribution in [0.25, 0.3) is 11.0 Å². The van der Waals surface area contributed by atoms with Gasteiger partial charge in [0.05, 0.1) is 10.1 Å². The Kier molecular flexibility index (Phi) is 6.38. The first-order valence-corrected chi connectivity index (χ1v) is 19.9. The molecule has 0 saturated carbocycles. The van der Waals surface area contributed by atoms with Crippen LogP contribution in [0.3, 0.4) is 0 Å². The average molecular weight is 691 g/mol. The molecule has 8 heteroatoms. The standard InChI is InChI=1S/C40H32B2N2S4/c1-17-9-21(5)33-25(13-17)41-27-15-19(3)11-23(7)35(27)47-39-29(41)37(45-33)31-32(43-39)38-30-40(44-31)48-36-24(8)12-20(4)16-28(36)42(30)26-14-18(2)10-22(6)34(26)46-38/h9-16H,1-8H3. The molecule has 4 aliphatic rings. The number of rotatable bonds is 0. The molecule has 2 aromatic heterocycles. The summed E-state index contributed by atoms with van der Waals surface area (Å²) in [6.07, 6.45) is 0. The minimum atomic E-state index is 0.149. The van der Waals surface area contributed by atoms with E-state index in [1.165, 1.54) is 107 Å². The van der Waals surface area contributed by atoms with Crippen LogP contribution < -0.4 is 32.8 Å². The molecular formula is C40H32B2N2S4. The van der Waals surface area contributed by atoms with E-state index in [-0.39, 0.29) is 13.4 Å². The van der Waals surface area contributed by atoms with Gasteiger partial charge in [0.15, 0.2) is 0 Å². The Morgan fingerprint density at radius 1 is 0.375 bits per heavy atom. The van der Waals surface area contributed by atoms with Crippen LogP contribution >= 0.6 is 47.0 Å². The maximum absolute atomic E-state index is 5.70. The molecule has 6 aromatic rings. The lowest BCUT2D eigenvalue weighted by Crippen LogP contribution is -2.59. The summed E-state index contributed by atoms with van der Waals surface area (Å²) in [6, 6.07) is 19.1. The minimum Gasteiger partial charge on any atom is -0.239 e. The molecule has 10 rings (SSSR count). The van der Waals surface area contributed by atoms with E-state index in [0.717, 1.165) is 21.1 Å². The van der Waals surface area contributed by atoms with Crippen molar-refractivity contribution in [3.63, 3.8) is 0 Å². The van der Waals surface area contributed by atoms with Crippen molar-refractivity contribution in [1.82, 2.24) is 9.97 Å². The molecule has 232 valence electrons. The average Bonchev–Trinajstić information content (AvgIpc) is 3.02. The molecule has 0 aliphatic carbocycles. The van der Waals surface area contributed by atoms with Crippen LogP contribution in [0.15, 0.2) is 88.0 Å². The second-order valence-corrected chi connectivity index (χ2v) is 18.3. The number of pyridine rings is 2. The van der Waals surface area contributed by atoms with E-state index in [1.807, 2.05) is 47.0 Å². The Morgan fingerprint density at radius 2 is 0.667 bits per heavy atom. The van der Waals surface area contributed by atoms with E-state index in [0.29, 0.717) is 0 Å². The third kappa shape index (κ3) is 4.03. The fourth-order valence-electron chi connectivity index (χ4n) is 8.79. The molecule has 0 bridgehead atoms.